The minimum absolute atomic E-state index is 0.611. The second-order valence-electron chi connectivity index (χ2n) is 3.49. The van der Waals surface area contributed by atoms with Crippen LogP contribution in [0.5, 0.6) is 0 Å². The third-order valence-corrected chi connectivity index (χ3v) is 2.87. The van der Waals surface area contributed by atoms with E-state index < -0.39 is 0 Å². The van der Waals surface area contributed by atoms with Crippen molar-refractivity contribution in [3.05, 3.63) is 29.8 Å². The topological polar surface area (TPSA) is 3.24 Å². The molecule has 0 saturated carbocycles. The van der Waals surface area contributed by atoms with Crippen LogP contribution in [-0.2, 0) is 5.88 Å². The Balaban J connectivity index is 2.12. The van der Waals surface area contributed by atoms with Crippen LogP contribution in [0.4, 0.5) is 5.69 Å². The first-order valence-electron chi connectivity index (χ1n) is 4.80. The Morgan fingerprint density at radius 2 is 1.69 bits per heavy atom. The highest BCUT2D eigenvalue weighted by molar-refractivity contribution is 6.17. The van der Waals surface area contributed by atoms with Gasteiger partial charge >= 0.3 is 0 Å². The third kappa shape index (κ3) is 1.97. The smallest absolute Gasteiger partial charge is 0.0474 e. The molecule has 1 aliphatic rings. The SMILES string of the molecule is ClCc1ccc(N2CCCC2)cc1. The fourth-order valence-corrected chi connectivity index (χ4v) is 1.95. The zero-order valence-electron chi connectivity index (χ0n) is 7.67. The second-order valence-corrected chi connectivity index (χ2v) is 3.76. The van der Waals surface area contributed by atoms with Gasteiger partial charge in [0, 0.05) is 24.7 Å². The number of rotatable bonds is 2. The number of anilines is 1. The van der Waals surface area contributed by atoms with Crippen molar-refractivity contribution in [2.24, 2.45) is 0 Å². The van der Waals surface area contributed by atoms with E-state index in [-0.39, 0.29) is 0 Å². The molecule has 1 aromatic carbocycles. The van der Waals surface area contributed by atoms with E-state index in [2.05, 4.69) is 29.2 Å². The van der Waals surface area contributed by atoms with E-state index in [4.69, 9.17) is 11.6 Å². The van der Waals surface area contributed by atoms with E-state index in [0.29, 0.717) is 5.88 Å². The molecular formula is C11H14ClN. The summed E-state index contributed by atoms with van der Waals surface area (Å²) in [5.74, 6) is 0.611. The highest BCUT2D eigenvalue weighted by Gasteiger charge is 2.11. The zero-order valence-corrected chi connectivity index (χ0v) is 8.43. The molecule has 0 aromatic heterocycles. The molecule has 0 aliphatic carbocycles. The molecule has 0 bridgehead atoms. The molecule has 1 nitrogen and oxygen atoms in total. The first kappa shape index (κ1) is 8.89. The van der Waals surface area contributed by atoms with Gasteiger partial charge in [-0.15, -0.1) is 11.6 Å². The third-order valence-electron chi connectivity index (χ3n) is 2.56. The first-order valence-corrected chi connectivity index (χ1v) is 5.33. The van der Waals surface area contributed by atoms with Crippen molar-refractivity contribution in [2.75, 3.05) is 18.0 Å². The minimum Gasteiger partial charge on any atom is -0.372 e. The van der Waals surface area contributed by atoms with E-state index >= 15 is 0 Å². The number of benzene rings is 1. The van der Waals surface area contributed by atoms with Gasteiger partial charge < -0.3 is 4.90 Å². The van der Waals surface area contributed by atoms with Crippen LogP contribution in [0.3, 0.4) is 0 Å². The molecule has 2 rings (SSSR count). The molecule has 0 N–H and O–H groups in total. The molecule has 2 heteroatoms. The predicted molar refractivity (Wildman–Crippen MR) is 57.4 cm³/mol. The molecule has 1 fully saturated rings. The lowest BCUT2D eigenvalue weighted by molar-refractivity contribution is 0.949. The fourth-order valence-electron chi connectivity index (χ4n) is 1.77. The maximum Gasteiger partial charge on any atom is 0.0474 e. The van der Waals surface area contributed by atoms with Crippen molar-refractivity contribution in [3.8, 4) is 0 Å². The Labute approximate surface area is 84.3 Å². The average molecular weight is 196 g/mol. The van der Waals surface area contributed by atoms with Crippen LogP contribution in [-0.4, -0.2) is 13.1 Å². The highest BCUT2D eigenvalue weighted by Crippen LogP contribution is 2.20. The number of halogens is 1. The van der Waals surface area contributed by atoms with Crippen molar-refractivity contribution in [1.82, 2.24) is 0 Å². The maximum absolute atomic E-state index is 5.73. The van der Waals surface area contributed by atoms with Crippen LogP contribution in [0.15, 0.2) is 24.3 Å². The zero-order chi connectivity index (χ0) is 9.10. The summed E-state index contributed by atoms with van der Waals surface area (Å²) in [5.41, 5.74) is 2.54. The van der Waals surface area contributed by atoms with Gasteiger partial charge in [0.05, 0.1) is 0 Å². The summed E-state index contributed by atoms with van der Waals surface area (Å²) in [6.45, 7) is 2.42. The quantitative estimate of drug-likeness (QED) is 0.656. The lowest BCUT2D eigenvalue weighted by atomic mass is 10.2. The van der Waals surface area contributed by atoms with Crippen LogP contribution in [0.25, 0.3) is 0 Å². The Hall–Kier alpha value is -0.690. The molecule has 1 aliphatic heterocycles. The number of hydrogen-bond acceptors (Lipinski definition) is 1. The Morgan fingerprint density at radius 1 is 1.08 bits per heavy atom. The minimum atomic E-state index is 0.611. The summed E-state index contributed by atoms with van der Waals surface area (Å²) >= 11 is 5.73. The van der Waals surface area contributed by atoms with Crippen molar-refractivity contribution < 1.29 is 0 Å². The largest absolute Gasteiger partial charge is 0.372 e. The molecule has 0 amide bonds. The molecule has 0 atom stereocenters. The maximum atomic E-state index is 5.73. The molecule has 1 aromatic rings. The fraction of sp³-hybridized carbons (Fsp3) is 0.455. The standard InChI is InChI=1S/C11H14ClN/c12-9-10-3-5-11(6-4-10)13-7-1-2-8-13/h3-6H,1-2,7-9H2. The van der Waals surface area contributed by atoms with Crippen LogP contribution in [0.1, 0.15) is 18.4 Å². The van der Waals surface area contributed by atoms with Gasteiger partial charge in [0.15, 0.2) is 0 Å². The number of nitrogens with zero attached hydrogens (tertiary/aromatic N) is 1. The van der Waals surface area contributed by atoms with Gasteiger partial charge in [-0.05, 0) is 30.5 Å². The van der Waals surface area contributed by atoms with Gasteiger partial charge in [0.25, 0.3) is 0 Å². The molecule has 0 radical (unpaired) electrons. The van der Waals surface area contributed by atoms with Crippen molar-refractivity contribution >= 4 is 17.3 Å². The summed E-state index contributed by atoms with van der Waals surface area (Å²) in [6, 6.07) is 8.56. The van der Waals surface area contributed by atoms with E-state index in [9.17, 15) is 0 Å². The lowest BCUT2D eigenvalue weighted by Gasteiger charge is -2.17. The molecule has 70 valence electrons. The number of alkyl halides is 1. The predicted octanol–water partition coefficient (Wildman–Crippen LogP) is 3.03. The highest BCUT2D eigenvalue weighted by atomic mass is 35.5. The number of hydrogen-bond donors (Lipinski definition) is 0. The molecule has 0 spiro atoms. The molecule has 13 heavy (non-hydrogen) atoms. The van der Waals surface area contributed by atoms with Gasteiger partial charge in [-0.1, -0.05) is 12.1 Å². The molecule has 1 saturated heterocycles. The molecule has 1 heterocycles. The van der Waals surface area contributed by atoms with Gasteiger partial charge in [-0.3, -0.25) is 0 Å². The van der Waals surface area contributed by atoms with Crippen LogP contribution in [0, 0.1) is 0 Å². The molecular weight excluding hydrogens is 182 g/mol. The van der Waals surface area contributed by atoms with Gasteiger partial charge in [-0.25, -0.2) is 0 Å². The normalized spacial score (nSPS) is 16.5. The van der Waals surface area contributed by atoms with Crippen molar-refractivity contribution in [1.29, 1.82) is 0 Å². The lowest BCUT2D eigenvalue weighted by Crippen LogP contribution is -2.17. The van der Waals surface area contributed by atoms with E-state index in [0.717, 1.165) is 0 Å². The Bertz CT molecular complexity index is 262. The average Bonchev–Trinajstić information content (AvgIpc) is 2.71. The summed E-state index contributed by atoms with van der Waals surface area (Å²) in [5, 5.41) is 0. The molecule has 0 unspecified atom stereocenters. The summed E-state index contributed by atoms with van der Waals surface area (Å²) < 4.78 is 0. The first-order chi connectivity index (χ1) is 6.40. The summed E-state index contributed by atoms with van der Waals surface area (Å²) in [7, 11) is 0. The van der Waals surface area contributed by atoms with Crippen LogP contribution < -0.4 is 4.90 Å². The van der Waals surface area contributed by atoms with E-state index in [1.165, 1.54) is 37.2 Å². The van der Waals surface area contributed by atoms with Crippen LogP contribution >= 0.6 is 11.6 Å². The summed E-state index contributed by atoms with van der Waals surface area (Å²) in [6.07, 6.45) is 2.66. The second kappa shape index (κ2) is 4.01. The van der Waals surface area contributed by atoms with Crippen molar-refractivity contribution in [2.45, 2.75) is 18.7 Å². The van der Waals surface area contributed by atoms with E-state index in [1.54, 1.807) is 0 Å². The van der Waals surface area contributed by atoms with Gasteiger partial charge in [-0.2, -0.15) is 0 Å². The van der Waals surface area contributed by atoms with Crippen LogP contribution in [0.2, 0.25) is 0 Å². The monoisotopic (exact) mass is 195 g/mol. The van der Waals surface area contributed by atoms with Gasteiger partial charge in [0.1, 0.15) is 0 Å². The Kier molecular flexibility index (Phi) is 2.74. The Morgan fingerprint density at radius 3 is 2.23 bits per heavy atom. The van der Waals surface area contributed by atoms with E-state index in [1.807, 2.05) is 0 Å². The van der Waals surface area contributed by atoms with Crippen molar-refractivity contribution in [3.63, 3.8) is 0 Å². The van der Waals surface area contributed by atoms with Gasteiger partial charge in [0.2, 0.25) is 0 Å². The summed E-state index contributed by atoms with van der Waals surface area (Å²) in [4.78, 5) is 2.43.